The van der Waals surface area contributed by atoms with E-state index in [1.807, 2.05) is 0 Å². The molecule has 0 atom stereocenters. The lowest BCUT2D eigenvalue weighted by Crippen LogP contribution is -2.30. The summed E-state index contributed by atoms with van der Waals surface area (Å²) in [5.41, 5.74) is 1.69. The fourth-order valence-corrected chi connectivity index (χ4v) is 4.39. The highest BCUT2D eigenvalue weighted by atomic mass is 79.9. The normalized spacial score (nSPS) is 14.4. The summed E-state index contributed by atoms with van der Waals surface area (Å²) >= 11 is 15.8. The quantitative estimate of drug-likeness (QED) is 0.163. The number of nitrogens with zero attached hydrogens (tertiary/aromatic N) is 2. The Balaban J connectivity index is 1.52. The number of nitro benzene ring substituents is 1. The zero-order chi connectivity index (χ0) is 24.4. The maximum absolute atomic E-state index is 12.8. The molecule has 1 aliphatic rings. The summed E-state index contributed by atoms with van der Waals surface area (Å²) in [5.74, 6) is -0.164. The summed E-state index contributed by atoms with van der Waals surface area (Å²) < 4.78 is 6.30. The van der Waals surface area contributed by atoms with Crippen LogP contribution in [0.4, 0.5) is 16.2 Å². The zero-order valence-corrected chi connectivity index (χ0v) is 20.2. The number of benzene rings is 3. The molecule has 0 spiro atoms. The molecule has 0 saturated carbocycles. The molecule has 3 amide bonds. The first-order chi connectivity index (χ1) is 16.2. The predicted molar refractivity (Wildman–Crippen MR) is 132 cm³/mol. The highest BCUT2D eigenvalue weighted by Gasteiger charge is 2.35. The third kappa shape index (κ3) is 5.06. The highest BCUT2D eigenvalue weighted by Crippen LogP contribution is 2.36. The van der Waals surface area contributed by atoms with Crippen LogP contribution >= 0.6 is 39.1 Å². The molecule has 1 aliphatic heterocycles. The number of nitro groups is 1. The van der Waals surface area contributed by atoms with Crippen LogP contribution < -0.4 is 15.0 Å². The first-order valence-electron chi connectivity index (χ1n) is 9.71. The molecular formula is C23H14BrCl2N3O5. The topological polar surface area (TPSA) is 102 Å². The summed E-state index contributed by atoms with van der Waals surface area (Å²) in [7, 11) is 0. The number of anilines is 1. The number of rotatable bonds is 6. The fourth-order valence-electron chi connectivity index (χ4n) is 3.22. The van der Waals surface area contributed by atoms with Gasteiger partial charge in [0.25, 0.3) is 11.6 Å². The van der Waals surface area contributed by atoms with Crippen LogP contribution in [-0.4, -0.2) is 16.9 Å². The van der Waals surface area contributed by atoms with E-state index in [0.717, 1.165) is 10.5 Å². The average Bonchev–Trinajstić information content (AvgIpc) is 3.06. The Hall–Kier alpha value is -3.40. The standard InChI is InChI=1S/C23H14BrCl2N3O5/c24-18-8-14(9-19(26)21(18)34-12-13-4-6-16(7-5-13)29(32)33)10-20-22(30)28(23(31)27-20)17-3-1-2-15(25)11-17/h1-11H,12H2,(H,27,31)/b20-10+. The van der Waals surface area contributed by atoms with E-state index in [9.17, 15) is 19.7 Å². The second-order valence-corrected chi connectivity index (χ2v) is 8.83. The molecule has 11 heteroatoms. The third-order valence-electron chi connectivity index (χ3n) is 4.81. The van der Waals surface area contributed by atoms with Crippen molar-refractivity contribution in [1.82, 2.24) is 5.32 Å². The fraction of sp³-hybridized carbons (Fsp3) is 0.0435. The number of carbonyl (C=O) groups excluding carboxylic acids is 2. The third-order valence-corrected chi connectivity index (χ3v) is 5.91. The monoisotopic (exact) mass is 561 g/mol. The van der Waals surface area contributed by atoms with Gasteiger partial charge in [0, 0.05) is 17.2 Å². The Morgan fingerprint density at radius 1 is 1.09 bits per heavy atom. The zero-order valence-electron chi connectivity index (χ0n) is 17.1. The van der Waals surface area contributed by atoms with Crippen LogP contribution in [0.25, 0.3) is 6.08 Å². The molecule has 0 aliphatic carbocycles. The van der Waals surface area contributed by atoms with Crippen LogP contribution in [-0.2, 0) is 11.4 Å². The second-order valence-electron chi connectivity index (χ2n) is 7.13. The van der Waals surface area contributed by atoms with E-state index in [-0.39, 0.29) is 23.0 Å². The van der Waals surface area contributed by atoms with Crippen molar-refractivity contribution in [2.75, 3.05) is 4.90 Å². The van der Waals surface area contributed by atoms with Gasteiger partial charge < -0.3 is 10.1 Å². The van der Waals surface area contributed by atoms with Gasteiger partial charge in [0.2, 0.25) is 0 Å². The van der Waals surface area contributed by atoms with Crippen LogP contribution in [0.3, 0.4) is 0 Å². The van der Waals surface area contributed by atoms with Crippen molar-refractivity contribution < 1.29 is 19.2 Å². The maximum atomic E-state index is 12.8. The second kappa shape index (κ2) is 9.84. The number of halogens is 3. The Kier molecular flexibility index (Phi) is 6.87. The van der Waals surface area contributed by atoms with E-state index in [1.165, 1.54) is 24.3 Å². The van der Waals surface area contributed by atoms with E-state index in [1.54, 1.807) is 42.5 Å². The van der Waals surface area contributed by atoms with Gasteiger partial charge in [-0.2, -0.15) is 0 Å². The Morgan fingerprint density at radius 3 is 2.47 bits per heavy atom. The number of carbonyl (C=O) groups is 2. The van der Waals surface area contributed by atoms with E-state index >= 15 is 0 Å². The maximum Gasteiger partial charge on any atom is 0.333 e. The number of amides is 3. The van der Waals surface area contributed by atoms with Gasteiger partial charge in [-0.1, -0.05) is 29.3 Å². The van der Waals surface area contributed by atoms with Gasteiger partial charge in [-0.05, 0) is 75.6 Å². The molecule has 0 bridgehead atoms. The van der Waals surface area contributed by atoms with Gasteiger partial charge in [0.05, 0.1) is 20.1 Å². The molecule has 172 valence electrons. The van der Waals surface area contributed by atoms with Crippen LogP contribution in [0.1, 0.15) is 11.1 Å². The lowest BCUT2D eigenvalue weighted by Gasteiger charge is -2.12. The number of imide groups is 1. The minimum Gasteiger partial charge on any atom is -0.486 e. The van der Waals surface area contributed by atoms with Crippen molar-refractivity contribution in [2.45, 2.75) is 6.61 Å². The minimum atomic E-state index is -0.591. The van der Waals surface area contributed by atoms with Crippen molar-refractivity contribution in [3.05, 3.63) is 102 Å². The van der Waals surface area contributed by atoms with Gasteiger partial charge in [-0.3, -0.25) is 14.9 Å². The SMILES string of the molecule is O=C1N/C(=C/c2cc(Cl)c(OCc3ccc([N+](=O)[O-])cc3)c(Br)c2)C(=O)N1c1cccc(Cl)c1. The molecule has 4 rings (SSSR count). The van der Waals surface area contributed by atoms with Crippen LogP contribution in [0.2, 0.25) is 10.0 Å². The Morgan fingerprint density at radius 2 is 1.82 bits per heavy atom. The van der Waals surface area contributed by atoms with E-state index in [0.29, 0.717) is 26.5 Å². The van der Waals surface area contributed by atoms with E-state index < -0.39 is 16.9 Å². The van der Waals surface area contributed by atoms with Gasteiger partial charge >= 0.3 is 6.03 Å². The molecular weight excluding hydrogens is 549 g/mol. The smallest absolute Gasteiger partial charge is 0.333 e. The molecule has 1 fully saturated rings. The van der Waals surface area contributed by atoms with Crippen LogP contribution in [0, 0.1) is 10.1 Å². The Labute approximate surface area is 212 Å². The summed E-state index contributed by atoms with van der Waals surface area (Å²) in [6, 6.07) is 15.1. The molecule has 0 radical (unpaired) electrons. The van der Waals surface area contributed by atoms with Crippen LogP contribution in [0.15, 0.2) is 70.8 Å². The van der Waals surface area contributed by atoms with E-state index in [2.05, 4.69) is 21.2 Å². The van der Waals surface area contributed by atoms with Gasteiger partial charge in [-0.25, -0.2) is 9.69 Å². The van der Waals surface area contributed by atoms with Gasteiger partial charge in [-0.15, -0.1) is 0 Å². The van der Waals surface area contributed by atoms with Gasteiger partial charge in [0.1, 0.15) is 12.3 Å². The van der Waals surface area contributed by atoms with Crippen molar-refractivity contribution in [3.8, 4) is 5.75 Å². The lowest BCUT2D eigenvalue weighted by atomic mass is 10.1. The summed E-state index contributed by atoms with van der Waals surface area (Å²) in [4.78, 5) is 36.5. The molecule has 8 nitrogen and oxygen atoms in total. The van der Waals surface area contributed by atoms with Crippen LogP contribution in [0.5, 0.6) is 5.75 Å². The molecule has 34 heavy (non-hydrogen) atoms. The molecule has 1 heterocycles. The summed E-state index contributed by atoms with van der Waals surface area (Å²) in [6.45, 7) is 0.139. The van der Waals surface area contributed by atoms with Crippen molar-refractivity contribution in [2.24, 2.45) is 0 Å². The number of nitrogens with one attached hydrogen (secondary N) is 1. The molecule has 3 aromatic rings. The van der Waals surface area contributed by atoms with Gasteiger partial charge in [0.15, 0.2) is 5.75 Å². The first-order valence-corrected chi connectivity index (χ1v) is 11.3. The average molecular weight is 563 g/mol. The highest BCUT2D eigenvalue weighted by molar-refractivity contribution is 9.10. The first kappa shape index (κ1) is 23.7. The van der Waals surface area contributed by atoms with Crippen molar-refractivity contribution in [1.29, 1.82) is 0 Å². The molecule has 1 N–H and O–H groups in total. The number of hydrogen-bond acceptors (Lipinski definition) is 5. The summed E-state index contributed by atoms with van der Waals surface area (Å²) in [6.07, 6.45) is 1.50. The largest absolute Gasteiger partial charge is 0.486 e. The lowest BCUT2D eigenvalue weighted by molar-refractivity contribution is -0.384. The summed E-state index contributed by atoms with van der Waals surface area (Å²) in [5, 5.41) is 14.0. The molecule has 0 aromatic heterocycles. The predicted octanol–water partition coefficient (Wildman–Crippen LogP) is 6.34. The number of hydrogen-bond donors (Lipinski definition) is 1. The van der Waals surface area contributed by atoms with Crippen molar-refractivity contribution >= 4 is 68.5 Å². The van der Waals surface area contributed by atoms with Crippen molar-refractivity contribution in [3.63, 3.8) is 0 Å². The minimum absolute atomic E-state index is 0.0113. The number of ether oxygens (including phenoxy) is 1. The number of urea groups is 1. The number of non-ortho nitro benzene ring substituents is 1. The molecule has 1 saturated heterocycles. The van der Waals surface area contributed by atoms with E-state index in [4.69, 9.17) is 27.9 Å². The Bertz CT molecular complexity index is 1320. The molecule has 0 unspecified atom stereocenters. The molecule has 3 aromatic carbocycles.